The average Bonchev–Trinajstić information content (AvgIpc) is 2.16. The number of carbonyl (C=O) groups excluding carboxylic acids is 1. The molecule has 0 fully saturated rings. The van der Waals surface area contributed by atoms with Gasteiger partial charge in [-0.25, -0.2) is 4.79 Å². The Morgan fingerprint density at radius 3 is 2.79 bits per heavy atom. The molecular formula is C7H6N2O5. The molecule has 0 aliphatic carbocycles. The van der Waals surface area contributed by atoms with E-state index in [0.29, 0.717) is 0 Å². The van der Waals surface area contributed by atoms with Gasteiger partial charge in [-0.1, -0.05) is 0 Å². The van der Waals surface area contributed by atoms with Crippen molar-refractivity contribution in [2.45, 2.75) is 0 Å². The zero-order valence-electron chi connectivity index (χ0n) is 7.14. The van der Waals surface area contributed by atoms with Crippen LogP contribution in [0.15, 0.2) is 17.1 Å². The fourth-order valence-corrected chi connectivity index (χ4v) is 0.920. The van der Waals surface area contributed by atoms with Gasteiger partial charge in [0.15, 0.2) is 0 Å². The molecule has 14 heavy (non-hydrogen) atoms. The van der Waals surface area contributed by atoms with Crippen LogP contribution in [-0.4, -0.2) is 23.0 Å². The van der Waals surface area contributed by atoms with E-state index in [2.05, 4.69) is 9.72 Å². The summed E-state index contributed by atoms with van der Waals surface area (Å²) in [5.41, 5.74) is -2.01. The van der Waals surface area contributed by atoms with Crippen LogP contribution in [-0.2, 0) is 4.74 Å². The van der Waals surface area contributed by atoms with Crippen LogP contribution in [0, 0.1) is 10.1 Å². The van der Waals surface area contributed by atoms with E-state index in [1.165, 1.54) is 0 Å². The minimum absolute atomic E-state index is 0.569. The van der Waals surface area contributed by atoms with Crippen molar-refractivity contribution in [3.05, 3.63) is 38.3 Å². The number of hydrogen-bond acceptors (Lipinski definition) is 5. The number of pyridine rings is 1. The molecule has 1 N–H and O–H groups in total. The third kappa shape index (κ3) is 1.60. The maximum Gasteiger partial charge on any atom is 0.350 e. The van der Waals surface area contributed by atoms with Gasteiger partial charge >= 0.3 is 5.97 Å². The number of aromatic nitrogens is 1. The fourth-order valence-electron chi connectivity index (χ4n) is 0.920. The van der Waals surface area contributed by atoms with E-state index in [4.69, 9.17) is 0 Å². The van der Waals surface area contributed by atoms with Gasteiger partial charge in [-0.2, -0.15) is 0 Å². The molecule has 0 bridgehead atoms. The zero-order chi connectivity index (χ0) is 10.7. The Balaban J connectivity index is 3.45. The second-order valence-electron chi connectivity index (χ2n) is 2.32. The normalized spacial score (nSPS) is 9.50. The van der Waals surface area contributed by atoms with E-state index >= 15 is 0 Å². The largest absolute Gasteiger partial charge is 0.465 e. The van der Waals surface area contributed by atoms with Crippen molar-refractivity contribution in [3.63, 3.8) is 0 Å². The van der Waals surface area contributed by atoms with Gasteiger partial charge < -0.3 is 9.72 Å². The van der Waals surface area contributed by atoms with Gasteiger partial charge in [-0.3, -0.25) is 14.9 Å². The van der Waals surface area contributed by atoms with E-state index in [1.54, 1.807) is 0 Å². The molecule has 0 atom stereocenters. The maximum atomic E-state index is 11.1. The first kappa shape index (κ1) is 9.90. The number of methoxy groups -OCH3 is 1. The molecule has 0 aromatic carbocycles. The molecule has 0 aliphatic rings. The highest BCUT2D eigenvalue weighted by Crippen LogP contribution is 2.13. The number of rotatable bonds is 2. The molecular weight excluding hydrogens is 192 g/mol. The quantitative estimate of drug-likeness (QED) is 0.411. The number of nitro groups is 1. The predicted molar refractivity (Wildman–Crippen MR) is 45.1 cm³/mol. The Bertz CT molecular complexity index is 436. The molecule has 74 valence electrons. The molecule has 1 aromatic rings. The van der Waals surface area contributed by atoms with Gasteiger partial charge in [0.2, 0.25) is 5.56 Å². The maximum absolute atomic E-state index is 11.1. The van der Waals surface area contributed by atoms with Crippen LogP contribution >= 0.6 is 0 Å². The fraction of sp³-hybridized carbons (Fsp3) is 0.143. The summed E-state index contributed by atoms with van der Waals surface area (Å²) in [6, 6.07) is 1.02. The molecule has 0 amide bonds. The van der Waals surface area contributed by atoms with Gasteiger partial charge in [0.05, 0.1) is 12.0 Å². The van der Waals surface area contributed by atoms with Crippen LogP contribution < -0.4 is 5.56 Å². The van der Waals surface area contributed by atoms with Gasteiger partial charge in [-0.15, -0.1) is 0 Å². The first-order chi connectivity index (χ1) is 6.57. The van der Waals surface area contributed by atoms with Gasteiger partial charge in [0.1, 0.15) is 0 Å². The standard InChI is InChI=1S/C7H6N2O5/c1-14-7(11)5-4(9(12)13)2-3-8-6(5)10/h2-3H,1H3,(H,8,10). The molecule has 0 spiro atoms. The molecule has 0 aliphatic heterocycles. The summed E-state index contributed by atoms with van der Waals surface area (Å²) < 4.78 is 4.24. The number of carbonyl (C=O) groups is 1. The Hall–Kier alpha value is -2.18. The Labute approximate surface area is 77.5 Å². The Morgan fingerprint density at radius 1 is 1.64 bits per heavy atom. The number of esters is 1. The van der Waals surface area contributed by atoms with Gasteiger partial charge in [0, 0.05) is 12.3 Å². The molecule has 0 saturated heterocycles. The van der Waals surface area contributed by atoms with E-state index in [9.17, 15) is 19.7 Å². The predicted octanol–water partition coefficient (Wildman–Crippen LogP) is 0.0697. The summed E-state index contributed by atoms with van der Waals surface area (Å²) in [5, 5.41) is 10.4. The second-order valence-corrected chi connectivity index (χ2v) is 2.32. The number of aromatic amines is 1. The van der Waals surface area contributed by atoms with Crippen molar-refractivity contribution in [2.24, 2.45) is 0 Å². The highest BCUT2D eigenvalue weighted by atomic mass is 16.6. The summed E-state index contributed by atoms with van der Waals surface area (Å²) in [4.78, 5) is 33.9. The lowest BCUT2D eigenvalue weighted by Gasteiger charge is -1.98. The lowest BCUT2D eigenvalue weighted by molar-refractivity contribution is -0.385. The molecule has 0 unspecified atom stereocenters. The van der Waals surface area contributed by atoms with Crippen molar-refractivity contribution in [1.82, 2.24) is 4.98 Å². The number of nitrogens with zero attached hydrogens (tertiary/aromatic N) is 1. The van der Waals surface area contributed by atoms with Crippen molar-refractivity contribution in [1.29, 1.82) is 0 Å². The van der Waals surface area contributed by atoms with Gasteiger partial charge in [-0.05, 0) is 0 Å². The summed E-state index contributed by atoms with van der Waals surface area (Å²) in [7, 11) is 1.04. The summed E-state index contributed by atoms with van der Waals surface area (Å²) in [5.74, 6) is -1.03. The van der Waals surface area contributed by atoms with Crippen molar-refractivity contribution in [3.8, 4) is 0 Å². The Morgan fingerprint density at radius 2 is 2.29 bits per heavy atom. The minimum Gasteiger partial charge on any atom is -0.465 e. The Kier molecular flexibility index (Phi) is 2.61. The monoisotopic (exact) mass is 198 g/mol. The second kappa shape index (κ2) is 3.69. The molecule has 1 heterocycles. The van der Waals surface area contributed by atoms with E-state index in [1.807, 2.05) is 0 Å². The summed E-state index contributed by atoms with van der Waals surface area (Å²) >= 11 is 0. The highest BCUT2D eigenvalue weighted by Gasteiger charge is 2.24. The SMILES string of the molecule is COC(=O)c1c([N+](=O)[O-])cc[nH]c1=O. The van der Waals surface area contributed by atoms with Crippen molar-refractivity contribution >= 4 is 11.7 Å². The third-order valence-corrected chi connectivity index (χ3v) is 1.53. The van der Waals surface area contributed by atoms with Crippen LogP contribution in [0.4, 0.5) is 5.69 Å². The average molecular weight is 198 g/mol. The molecule has 7 heteroatoms. The summed E-state index contributed by atoms with van der Waals surface area (Å²) in [6.07, 6.45) is 1.09. The molecule has 0 radical (unpaired) electrons. The molecule has 0 saturated carbocycles. The van der Waals surface area contributed by atoms with E-state index in [-0.39, 0.29) is 0 Å². The third-order valence-electron chi connectivity index (χ3n) is 1.53. The molecule has 7 nitrogen and oxygen atoms in total. The number of hydrogen-bond donors (Lipinski definition) is 1. The van der Waals surface area contributed by atoms with Crippen LogP contribution in [0.25, 0.3) is 0 Å². The van der Waals surface area contributed by atoms with Crippen molar-refractivity contribution < 1.29 is 14.5 Å². The van der Waals surface area contributed by atoms with Crippen molar-refractivity contribution in [2.75, 3.05) is 7.11 Å². The highest BCUT2D eigenvalue weighted by molar-refractivity contribution is 5.93. The van der Waals surface area contributed by atoms with Crippen LogP contribution in [0.3, 0.4) is 0 Å². The lowest BCUT2D eigenvalue weighted by Crippen LogP contribution is -2.20. The first-order valence-corrected chi connectivity index (χ1v) is 3.52. The number of H-pyrrole nitrogens is 1. The smallest absolute Gasteiger partial charge is 0.350 e. The number of nitrogens with one attached hydrogen (secondary N) is 1. The lowest BCUT2D eigenvalue weighted by atomic mass is 10.2. The zero-order valence-corrected chi connectivity index (χ0v) is 7.14. The van der Waals surface area contributed by atoms with E-state index in [0.717, 1.165) is 19.4 Å². The van der Waals surface area contributed by atoms with Crippen LogP contribution in [0.2, 0.25) is 0 Å². The summed E-state index contributed by atoms with van der Waals surface area (Å²) in [6.45, 7) is 0. The van der Waals surface area contributed by atoms with E-state index < -0.39 is 27.7 Å². The van der Waals surface area contributed by atoms with Crippen LogP contribution in [0.1, 0.15) is 10.4 Å². The molecule has 1 aromatic heterocycles. The topological polar surface area (TPSA) is 102 Å². The minimum atomic E-state index is -1.03. The first-order valence-electron chi connectivity index (χ1n) is 3.52. The molecule has 1 rings (SSSR count). The van der Waals surface area contributed by atoms with Crippen LogP contribution in [0.5, 0.6) is 0 Å². The van der Waals surface area contributed by atoms with Gasteiger partial charge in [0.25, 0.3) is 11.2 Å². The number of ether oxygens (including phenoxy) is 1.